The number of nitrogens with one attached hydrogen (secondary N) is 1. The Labute approximate surface area is 124 Å². The van der Waals surface area contributed by atoms with Gasteiger partial charge in [0.2, 0.25) is 11.8 Å². The number of hydrogen-bond acceptors (Lipinski definition) is 4. The van der Waals surface area contributed by atoms with E-state index in [-0.39, 0.29) is 12.3 Å². The van der Waals surface area contributed by atoms with Crippen molar-refractivity contribution in [3.63, 3.8) is 0 Å². The molecule has 0 aliphatic carbocycles. The second kappa shape index (κ2) is 7.75. The smallest absolute Gasteiger partial charge is 0.248 e. The molecule has 1 aliphatic heterocycles. The Morgan fingerprint density at radius 3 is 2.67 bits per heavy atom. The predicted molar refractivity (Wildman–Crippen MR) is 78.9 cm³/mol. The fraction of sp³-hybridized carbons (Fsp3) is 0.467. The number of carbonyl (C=O) groups is 2. The van der Waals surface area contributed by atoms with Gasteiger partial charge in [-0.15, -0.1) is 0 Å². The van der Waals surface area contributed by atoms with Crippen LogP contribution in [0.25, 0.3) is 0 Å². The second-order valence-electron chi connectivity index (χ2n) is 5.00. The summed E-state index contributed by atoms with van der Waals surface area (Å²) in [6.07, 6.45) is 0.169. The first-order valence-corrected chi connectivity index (χ1v) is 7.11. The highest BCUT2D eigenvalue weighted by atomic mass is 16.5. The third-order valence-corrected chi connectivity index (χ3v) is 3.49. The molecule has 1 aromatic carbocycles. The Morgan fingerprint density at radius 2 is 1.95 bits per heavy atom. The lowest BCUT2D eigenvalue weighted by atomic mass is 10.0. The maximum atomic E-state index is 11.9. The first-order valence-electron chi connectivity index (χ1n) is 7.11. The van der Waals surface area contributed by atoms with E-state index in [0.717, 1.165) is 32.8 Å². The number of nitrogens with zero attached hydrogens (tertiary/aromatic N) is 1. The maximum Gasteiger partial charge on any atom is 0.248 e. The number of benzene rings is 1. The van der Waals surface area contributed by atoms with Crippen LogP contribution in [0.1, 0.15) is 15.9 Å². The van der Waals surface area contributed by atoms with Crippen LogP contribution >= 0.6 is 0 Å². The van der Waals surface area contributed by atoms with Gasteiger partial charge < -0.3 is 15.8 Å². The van der Waals surface area contributed by atoms with E-state index in [1.165, 1.54) is 0 Å². The number of morpholine rings is 1. The zero-order chi connectivity index (χ0) is 15.1. The van der Waals surface area contributed by atoms with Crippen LogP contribution in [0.5, 0.6) is 0 Å². The summed E-state index contributed by atoms with van der Waals surface area (Å²) in [5.74, 6) is -0.608. The molecule has 0 aromatic heterocycles. The molecule has 1 aromatic rings. The van der Waals surface area contributed by atoms with Crippen LogP contribution in [0.4, 0.5) is 0 Å². The van der Waals surface area contributed by atoms with E-state index in [4.69, 9.17) is 10.5 Å². The Bertz CT molecular complexity index is 499. The molecule has 2 amide bonds. The van der Waals surface area contributed by atoms with Gasteiger partial charge in [0.25, 0.3) is 0 Å². The van der Waals surface area contributed by atoms with Crippen molar-refractivity contribution in [2.75, 3.05) is 39.4 Å². The fourth-order valence-electron chi connectivity index (χ4n) is 2.33. The first-order chi connectivity index (χ1) is 10.2. The van der Waals surface area contributed by atoms with Crippen molar-refractivity contribution >= 4 is 11.8 Å². The first kappa shape index (κ1) is 15.5. The average molecular weight is 291 g/mol. The zero-order valence-electron chi connectivity index (χ0n) is 12.0. The zero-order valence-corrected chi connectivity index (χ0v) is 12.0. The van der Waals surface area contributed by atoms with Crippen LogP contribution in [-0.2, 0) is 16.0 Å². The topological polar surface area (TPSA) is 84.7 Å². The Hall–Kier alpha value is -1.92. The number of ether oxygens (including phenoxy) is 1. The van der Waals surface area contributed by atoms with Crippen molar-refractivity contribution in [2.45, 2.75) is 6.42 Å². The number of rotatable bonds is 6. The van der Waals surface area contributed by atoms with Gasteiger partial charge >= 0.3 is 0 Å². The van der Waals surface area contributed by atoms with Gasteiger partial charge in [-0.05, 0) is 11.6 Å². The van der Waals surface area contributed by atoms with Gasteiger partial charge in [-0.1, -0.05) is 18.2 Å². The van der Waals surface area contributed by atoms with E-state index in [1.54, 1.807) is 24.3 Å². The molecule has 0 saturated carbocycles. The monoisotopic (exact) mass is 291 g/mol. The summed E-state index contributed by atoms with van der Waals surface area (Å²) < 4.78 is 5.27. The SMILES string of the molecule is NC(=O)c1ccccc1CC(=O)NCCN1CCOCC1. The van der Waals surface area contributed by atoms with Gasteiger partial charge in [-0.2, -0.15) is 0 Å². The summed E-state index contributed by atoms with van der Waals surface area (Å²) in [5, 5.41) is 2.87. The van der Waals surface area contributed by atoms with Crippen molar-refractivity contribution in [2.24, 2.45) is 5.73 Å². The van der Waals surface area contributed by atoms with E-state index in [0.29, 0.717) is 17.7 Å². The van der Waals surface area contributed by atoms with E-state index in [1.807, 2.05) is 0 Å². The number of hydrogen-bond donors (Lipinski definition) is 2. The summed E-state index contributed by atoms with van der Waals surface area (Å²) in [6, 6.07) is 6.92. The molecule has 21 heavy (non-hydrogen) atoms. The maximum absolute atomic E-state index is 11.9. The highest BCUT2D eigenvalue weighted by Gasteiger charge is 2.12. The summed E-state index contributed by atoms with van der Waals surface area (Å²) >= 11 is 0. The molecule has 6 nitrogen and oxygen atoms in total. The molecule has 6 heteroatoms. The molecule has 3 N–H and O–H groups in total. The molecule has 1 saturated heterocycles. The third kappa shape index (κ3) is 4.84. The van der Waals surface area contributed by atoms with Crippen LogP contribution in [0, 0.1) is 0 Å². The molecule has 114 valence electrons. The minimum absolute atomic E-state index is 0.100. The molecule has 0 radical (unpaired) electrons. The lowest BCUT2D eigenvalue weighted by Crippen LogP contribution is -2.41. The van der Waals surface area contributed by atoms with Crippen LogP contribution in [0.3, 0.4) is 0 Å². The number of primary amides is 1. The van der Waals surface area contributed by atoms with Crippen molar-refractivity contribution in [3.05, 3.63) is 35.4 Å². The van der Waals surface area contributed by atoms with Crippen LogP contribution in [0.15, 0.2) is 24.3 Å². The number of carbonyl (C=O) groups excluding carboxylic acids is 2. The van der Waals surface area contributed by atoms with Gasteiger partial charge in [0.1, 0.15) is 0 Å². The highest BCUT2D eigenvalue weighted by Crippen LogP contribution is 2.08. The summed E-state index contributed by atoms with van der Waals surface area (Å²) in [6.45, 7) is 4.71. The van der Waals surface area contributed by atoms with Crippen LogP contribution in [-0.4, -0.2) is 56.1 Å². The standard InChI is InChI=1S/C15H21N3O3/c16-15(20)13-4-2-1-3-12(13)11-14(19)17-5-6-18-7-9-21-10-8-18/h1-4H,5-11H2,(H2,16,20)(H,17,19). The Kier molecular flexibility index (Phi) is 5.71. The van der Waals surface area contributed by atoms with Crippen LogP contribution < -0.4 is 11.1 Å². The normalized spacial score (nSPS) is 15.6. The van der Waals surface area contributed by atoms with Gasteiger partial charge in [-0.25, -0.2) is 0 Å². The summed E-state index contributed by atoms with van der Waals surface area (Å²) in [5.41, 5.74) is 6.36. The van der Waals surface area contributed by atoms with Crippen molar-refractivity contribution < 1.29 is 14.3 Å². The van der Waals surface area contributed by atoms with Crippen molar-refractivity contribution in [1.29, 1.82) is 0 Å². The molecule has 0 atom stereocenters. The summed E-state index contributed by atoms with van der Waals surface area (Å²) in [7, 11) is 0. The molecule has 0 unspecified atom stereocenters. The van der Waals surface area contributed by atoms with E-state index < -0.39 is 5.91 Å². The number of amides is 2. The van der Waals surface area contributed by atoms with Crippen LogP contribution in [0.2, 0.25) is 0 Å². The molecular formula is C15H21N3O3. The lowest BCUT2D eigenvalue weighted by Gasteiger charge is -2.26. The molecular weight excluding hydrogens is 270 g/mol. The largest absolute Gasteiger partial charge is 0.379 e. The molecule has 0 spiro atoms. The van der Waals surface area contributed by atoms with Gasteiger partial charge in [0, 0.05) is 31.7 Å². The van der Waals surface area contributed by atoms with Gasteiger partial charge in [0.05, 0.1) is 19.6 Å². The predicted octanol–water partition coefficient (Wildman–Crippen LogP) is -0.224. The number of nitrogens with two attached hydrogens (primary N) is 1. The lowest BCUT2D eigenvalue weighted by molar-refractivity contribution is -0.120. The molecule has 0 bridgehead atoms. The van der Waals surface area contributed by atoms with Gasteiger partial charge in [0.15, 0.2) is 0 Å². The van der Waals surface area contributed by atoms with Gasteiger partial charge in [-0.3, -0.25) is 14.5 Å². The van der Waals surface area contributed by atoms with E-state index in [2.05, 4.69) is 10.2 Å². The van der Waals surface area contributed by atoms with Crippen molar-refractivity contribution in [1.82, 2.24) is 10.2 Å². The fourth-order valence-corrected chi connectivity index (χ4v) is 2.33. The van der Waals surface area contributed by atoms with E-state index >= 15 is 0 Å². The quantitative estimate of drug-likeness (QED) is 0.758. The van der Waals surface area contributed by atoms with E-state index in [9.17, 15) is 9.59 Å². The molecule has 2 rings (SSSR count). The molecule has 1 heterocycles. The van der Waals surface area contributed by atoms with Crippen molar-refractivity contribution in [3.8, 4) is 0 Å². The second-order valence-corrected chi connectivity index (χ2v) is 5.00. The summed E-state index contributed by atoms with van der Waals surface area (Å²) in [4.78, 5) is 25.5. The Morgan fingerprint density at radius 1 is 1.24 bits per heavy atom. The average Bonchev–Trinajstić information content (AvgIpc) is 2.48. The Balaban J connectivity index is 1.78. The molecule has 1 fully saturated rings. The molecule has 1 aliphatic rings. The minimum Gasteiger partial charge on any atom is -0.379 e. The third-order valence-electron chi connectivity index (χ3n) is 3.49. The minimum atomic E-state index is -0.508. The highest BCUT2D eigenvalue weighted by molar-refractivity contribution is 5.95.